The first-order valence-electron chi connectivity index (χ1n) is 28.9. The van der Waals surface area contributed by atoms with E-state index in [-0.39, 0.29) is 31.1 Å². The Balaban J connectivity index is 4.25. The summed E-state index contributed by atoms with van der Waals surface area (Å²) in [5.74, 6) is 0.00108. The molecule has 380 valence electrons. The van der Waals surface area contributed by atoms with Crippen LogP contribution in [0.1, 0.15) is 329 Å². The molecule has 0 aromatic rings. The fourth-order valence-corrected chi connectivity index (χ4v) is 8.92. The second-order valence-electron chi connectivity index (χ2n) is 20.4. The monoisotopic (exact) mass is 905 g/mol. The first-order chi connectivity index (χ1) is 31.4. The van der Waals surface area contributed by atoms with Crippen molar-refractivity contribution in [2.45, 2.75) is 336 Å². The molecule has 6 heteroatoms. The molecule has 6 nitrogen and oxygen atoms in total. The first kappa shape index (κ1) is 62.4. The number of ether oxygens (including phenoxy) is 3. The van der Waals surface area contributed by atoms with E-state index >= 15 is 0 Å². The predicted octanol–water partition coefficient (Wildman–Crippen LogP) is 19.0. The second kappa shape index (κ2) is 52.4. The van der Waals surface area contributed by atoms with Gasteiger partial charge >= 0.3 is 17.9 Å². The van der Waals surface area contributed by atoms with E-state index in [2.05, 4.69) is 27.7 Å². The SMILES string of the molecule is CCCCCCCCCCCCCCCCCCCCCC(=O)OC[C@H](COC(=O)CCCCCCCCCCCCC)OC(=O)CCCCCCCCCCCCCCCC(C)C. The number of carbonyl (C=O) groups is 3. The third-order valence-electron chi connectivity index (χ3n) is 13.3. The van der Waals surface area contributed by atoms with Gasteiger partial charge in [0.2, 0.25) is 0 Å². The predicted molar refractivity (Wildman–Crippen MR) is 275 cm³/mol. The quantitative estimate of drug-likeness (QED) is 0.0344. The zero-order valence-corrected chi connectivity index (χ0v) is 43.8. The summed E-state index contributed by atoms with van der Waals surface area (Å²) in [5, 5.41) is 0. The molecule has 1 atom stereocenters. The Labute approximate surface area is 399 Å². The third-order valence-corrected chi connectivity index (χ3v) is 13.3. The standard InChI is InChI=1S/C58H112O6/c1-5-7-9-11-13-15-17-18-19-20-21-22-23-26-30-34-38-42-46-50-57(60)63-53-55(52-62-56(59)49-45-41-37-33-28-16-14-12-10-8-6-2)64-58(61)51-47-43-39-35-31-27-24-25-29-32-36-40-44-48-54(3)4/h54-55H,5-53H2,1-4H3/t55-/m0/s1. The summed E-state index contributed by atoms with van der Waals surface area (Å²) in [6.07, 6.45) is 56.7. The van der Waals surface area contributed by atoms with Crippen LogP contribution in [-0.4, -0.2) is 37.2 Å². The number of carbonyl (C=O) groups excluding carboxylic acids is 3. The molecule has 0 bridgehead atoms. The van der Waals surface area contributed by atoms with Gasteiger partial charge in [0.05, 0.1) is 0 Å². The molecule has 0 amide bonds. The van der Waals surface area contributed by atoms with Gasteiger partial charge < -0.3 is 14.2 Å². The summed E-state index contributed by atoms with van der Waals surface area (Å²) < 4.78 is 16.9. The van der Waals surface area contributed by atoms with Crippen LogP contribution in [0.5, 0.6) is 0 Å². The summed E-state index contributed by atoms with van der Waals surface area (Å²) in [7, 11) is 0. The van der Waals surface area contributed by atoms with E-state index in [0.717, 1.165) is 63.7 Å². The maximum Gasteiger partial charge on any atom is 0.306 e. The molecule has 0 N–H and O–H groups in total. The molecule has 0 saturated carbocycles. The number of esters is 3. The minimum atomic E-state index is -0.761. The van der Waals surface area contributed by atoms with Crippen molar-refractivity contribution in [3.05, 3.63) is 0 Å². The van der Waals surface area contributed by atoms with Crippen LogP contribution < -0.4 is 0 Å². The van der Waals surface area contributed by atoms with E-state index in [1.807, 2.05) is 0 Å². The van der Waals surface area contributed by atoms with Crippen LogP contribution in [-0.2, 0) is 28.6 Å². The number of hydrogen-bond acceptors (Lipinski definition) is 6. The largest absolute Gasteiger partial charge is 0.462 e. The van der Waals surface area contributed by atoms with Crippen molar-refractivity contribution in [3.63, 3.8) is 0 Å². The zero-order valence-electron chi connectivity index (χ0n) is 43.8. The minimum Gasteiger partial charge on any atom is -0.462 e. The van der Waals surface area contributed by atoms with Gasteiger partial charge in [-0.05, 0) is 25.2 Å². The van der Waals surface area contributed by atoms with Gasteiger partial charge in [0.25, 0.3) is 0 Å². The number of hydrogen-bond donors (Lipinski definition) is 0. The van der Waals surface area contributed by atoms with Gasteiger partial charge in [0, 0.05) is 19.3 Å². The third kappa shape index (κ3) is 51.4. The Morgan fingerprint density at radius 2 is 0.516 bits per heavy atom. The molecule has 0 aliphatic rings. The molecule has 0 aliphatic heterocycles. The summed E-state index contributed by atoms with van der Waals surface area (Å²) in [6.45, 7) is 9.05. The van der Waals surface area contributed by atoms with Crippen molar-refractivity contribution < 1.29 is 28.6 Å². The number of rotatable bonds is 53. The van der Waals surface area contributed by atoms with Gasteiger partial charge in [0.15, 0.2) is 6.10 Å². The highest BCUT2D eigenvalue weighted by Gasteiger charge is 2.19. The lowest BCUT2D eigenvalue weighted by Crippen LogP contribution is -2.30. The Bertz CT molecular complexity index is 964. The van der Waals surface area contributed by atoms with Crippen LogP contribution in [0.15, 0.2) is 0 Å². The van der Waals surface area contributed by atoms with Crippen LogP contribution in [0.3, 0.4) is 0 Å². The molecule has 0 saturated heterocycles. The molecular formula is C58H112O6. The Morgan fingerprint density at radius 3 is 0.766 bits per heavy atom. The highest BCUT2D eigenvalue weighted by molar-refractivity contribution is 5.71. The molecule has 0 spiro atoms. The van der Waals surface area contributed by atoms with E-state index in [0.29, 0.717) is 19.3 Å². The highest BCUT2D eigenvalue weighted by atomic mass is 16.6. The lowest BCUT2D eigenvalue weighted by atomic mass is 10.0. The molecule has 64 heavy (non-hydrogen) atoms. The Morgan fingerprint density at radius 1 is 0.297 bits per heavy atom. The van der Waals surface area contributed by atoms with E-state index in [9.17, 15) is 14.4 Å². The highest BCUT2D eigenvalue weighted by Crippen LogP contribution is 2.18. The van der Waals surface area contributed by atoms with Crippen LogP contribution in [0, 0.1) is 5.92 Å². The van der Waals surface area contributed by atoms with E-state index < -0.39 is 6.10 Å². The summed E-state index contributed by atoms with van der Waals surface area (Å²) >= 11 is 0. The van der Waals surface area contributed by atoms with Gasteiger partial charge in [-0.25, -0.2) is 0 Å². The average Bonchev–Trinajstić information content (AvgIpc) is 3.28. The topological polar surface area (TPSA) is 78.9 Å². The van der Waals surface area contributed by atoms with Crippen LogP contribution >= 0.6 is 0 Å². The minimum absolute atomic E-state index is 0.0619. The van der Waals surface area contributed by atoms with Crippen molar-refractivity contribution in [1.82, 2.24) is 0 Å². The second-order valence-corrected chi connectivity index (χ2v) is 20.4. The molecule has 0 aromatic heterocycles. The number of unbranched alkanes of at least 4 members (excludes halogenated alkanes) is 40. The van der Waals surface area contributed by atoms with E-state index in [1.165, 1.54) is 225 Å². The van der Waals surface area contributed by atoms with Gasteiger partial charge in [-0.3, -0.25) is 14.4 Å². The maximum atomic E-state index is 12.8. The van der Waals surface area contributed by atoms with Crippen LogP contribution in [0.4, 0.5) is 0 Å². The molecule has 0 unspecified atom stereocenters. The molecule has 0 aliphatic carbocycles. The fourth-order valence-electron chi connectivity index (χ4n) is 8.92. The summed E-state index contributed by atoms with van der Waals surface area (Å²) in [6, 6.07) is 0. The zero-order chi connectivity index (χ0) is 46.7. The molecule has 0 rings (SSSR count). The van der Waals surface area contributed by atoms with Crippen molar-refractivity contribution in [1.29, 1.82) is 0 Å². The lowest BCUT2D eigenvalue weighted by molar-refractivity contribution is -0.167. The maximum absolute atomic E-state index is 12.8. The van der Waals surface area contributed by atoms with Gasteiger partial charge in [0.1, 0.15) is 13.2 Å². The van der Waals surface area contributed by atoms with Gasteiger partial charge in [-0.15, -0.1) is 0 Å². The Hall–Kier alpha value is -1.59. The van der Waals surface area contributed by atoms with Crippen LogP contribution in [0.2, 0.25) is 0 Å². The lowest BCUT2D eigenvalue weighted by Gasteiger charge is -2.18. The fraction of sp³-hybridized carbons (Fsp3) is 0.948. The van der Waals surface area contributed by atoms with Crippen molar-refractivity contribution in [2.75, 3.05) is 13.2 Å². The Kier molecular flexibility index (Phi) is 51.1. The smallest absolute Gasteiger partial charge is 0.306 e. The molecule has 0 heterocycles. The van der Waals surface area contributed by atoms with E-state index in [1.54, 1.807) is 0 Å². The van der Waals surface area contributed by atoms with Gasteiger partial charge in [-0.1, -0.05) is 291 Å². The average molecular weight is 906 g/mol. The first-order valence-corrected chi connectivity index (χ1v) is 28.9. The van der Waals surface area contributed by atoms with Crippen LogP contribution in [0.25, 0.3) is 0 Å². The molecule has 0 radical (unpaired) electrons. The molecular weight excluding hydrogens is 793 g/mol. The van der Waals surface area contributed by atoms with Crippen molar-refractivity contribution in [3.8, 4) is 0 Å². The van der Waals surface area contributed by atoms with Gasteiger partial charge in [-0.2, -0.15) is 0 Å². The van der Waals surface area contributed by atoms with Crippen molar-refractivity contribution in [2.24, 2.45) is 5.92 Å². The normalized spacial score (nSPS) is 12.0. The summed E-state index contributed by atoms with van der Waals surface area (Å²) in [4.78, 5) is 38.1. The molecule has 0 aromatic carbocycles. The van der Waals surface area contributed by atoms with Crippen molar-refractivity contribution >= 4 is 17.9 Å². The summed E-state index contributed by atoms with van der Waals surface area (Å²) in [5.41, 5.74) is 0. The van der Waals surface area contributed by atoms with E-state index in [4.69, 9.17) is 14.2 Å². The molecule has 0 fully saturated rings.